The van der Waals surface area contributed by atoms with E-state index in [-0.39, 0.29) is 24.4 Å². The van der Waals surface area contributed by atoms with Gasteiger partial charge in [-0.25, -0.2) is 9.78 Å². The number of aromatic nitrogens is 2. The first-order chi connectivity index (χ1) is 13.1. The van der Waals surface area contributed by atoms with E-state index in [4.69, 9.17) is 4.74 Å². The van der Waals surface area contributed by atoms with Crippen LogP contribution < -0.4 is 10.9 Å². The lowest BCUT2D eigenvalue weighted by atomic mass is 10.1. The molecule has 3 aromatic rings. The number of benzene rings is 2. The molecular formula is C20H19N3O4. The summed E-state index contributed by atoms with van der Waals surface area (Å²) in [5, 5.41) is 3.16. The van der Waals surface area contributed by atoms with E-state index in [0.29, 0.717) is 16.5 Å². The van der Waals surface area contributed by atoms with E-state index in [0.717, 1.165) is 0 Å². The molecule has 0 bridgehead atoms. The fourth-order valence-electron chi connectivity index (χ4n) is 2.76. The van der Waals surface area contributed by atoms with Gasteiger partial charge < -0.3 is 10.1 Å². The molecule has 0 aliphatic rings. The third kappa shape index (κ3) is 4.20. The summed E-state index contributed by atoms with van der Waals surface area (Å²) in [6.07, 6.45) is 1.45. The Morgan fingerprint density at radius 2 is 1.81 bits per heavy atom. The van der Waals surface area contributed by atoms with Crippen molar-refractivity contribution in [2.24, 2.45) is 0 Å². The molecule has 0 saturated heterocycles. The molecule has 0 aliphatic carbocycles. The number of ether oxygens (including phenoxy) is 1. The molecule has 3 rings (SSSR count). The van der Waals surface area contributed by atoms with Crippen molar-refractivity contribution in [2.45, 2.75) is 19.0 Å². The van der Waals surface area contributed by atoms with Gasteiger partial charge in [-0.1, -0.05) is 42.5 Å². The number of carbonyl (C=O) groups excluding carboxylic acids is 2. The summed E-state index contributed by atoms with van der Waals surface area (Å²) in [6.45, 7) is 0.158. The number of carbonyl (C=O) groups is 2. The van der Waals surface area contributed by atoms with Crippen molar-refractivity contribution < 1.29 is 14.3 Å². The SMILES string of the molecule is COC(=O)[C@@H](NC(=O)CCn1cnc2ccccc2c1=O)c1ccccc1. The third-order valence-corrected chi connectivity index (χ3v) is 4.19. The summed E-state index contributed by atoms with van der Waals surface area (Å²) in [6, 6.07) is 15.0. The smallest absolute Gasteiger partial charge is 0.333 e. The summed E-state index contributed by atoms with van der Waals surface area (Å²) in [5.74, 6) is -0.923. The number of methoxy groups -OCH3 is 1. The van der Waals surface area contributed by atoms with Gasteiger partial charge in [0.25, 0.3) is 5.56 Å². The summed E-state index contributed by atoms with van der Waals surface area (Å²) in [7, 11) is 1.27. The second-order valence-electron chi connectivity index (χ2n) is 5.94. The van der Waals surface area contributed by atoms with Gasteiger partial charge in [-0.3, -0.25) is 14.2 Å². The molecule has 1 atom stereocenters. The molecule has 1 aromatic heterocycles. The molecule has 0 fully saturated rings. The fourth-order valence-corrected chi connectivity index (χ4v) is 2.76. The highest BCUT2D eigenvalue weighted by Crippen LogP contribution is 2.14. The quantitative estimate of drug-likeness (QED) is 0.673. The second-order valence-corrected chi connectivity index (χ2v) is 5.94. The maximum Gasteiger partial charge on any atom is 0.333 e. The van der Waals surface area contributed by atoms with Gasteiger partial charge in [0, 0.05) is 13.0 Å². The minimum absolute atomic E-state index is 0.0280. The van der Waals surface area contributed by atoms with Gasteiger partial charge in [0.15, 0.2) is 6.04 Å². The van der Waals surface area contributed by atoms with E-state index in [2.05, 4.69) is 10.3 Å². The lowest BCUT2D eigenvalue weighted by Gasteiger charge is -2.17. The van der Waals surface area contributed by atoms with Crippen LogP contribution in [0.4, 0.5) is 0 Å². The average Bonchev–Trinajstić information content (AvgIpc) is 2.72. The van der Waals surface area contributed by atoms with E-state index < -0.39 is 12.0 Å². The van der Waals surface area contributed by atoms with E-state index >= 15 is 0 Å². The standard InChI is InChI=1S/C20H19N3O4/c1-27-20(26)18(14-7-3-2-4-8-14)22-17(24)11-12-23-13-21-16-10-6-5-9-15(16)19(23)25/h2-10,13,18H,11-12H2,1H3,(H,22,24)/t18-/m0/s1. The summed E-state index contributed by atoms with van der Waals surface area (Å²) >= 11 is 0. The first kappa shape index (κ1) is 18.3. The van der Waals surface area contributed by atoms with Gasteiger partial charge in [-0.2, -0.15) is 0 Å². The van der Waals surface area contributed by atoms with Crippen molar-refractivity contribution >= 4 is 22.8 Å². The van der Waals surface area contributed by atoms with Crippen molar-refractivity contribution in [3.05, 3.63) is 76.8 Å². The number of amides is 1. The first-order valence-corrected chi connectivity index (χ1v) is 8.46. The highest BCUT2D eigenvalue weighted by Gasteiger charge is 2.23. The zero-order valence-corrected chi connectivity index (χ0v) is 14.8. The number of hydrogen-bond donors (Lipinski definition) is 1. The average molecular weight is 365 g/mol. The fraction of sp³-hybridized carbons (Fsp3) is 0.200. The maximum atomic E-state index is 12.5. The van der Waals surface area contributed by atoms with Crippen LogP contribution in [0.5, 0.6) is 0 Å². The maximum absolute atomic E-state index is 12.5. The number of rotatable bonds is 6. The molecule has 1 heterocycles. The van der Waals surface area contributed by atoms with E-state index in [1.165, 1.54) is 18.0 Å². The van der Waals surface area contributed by atoms with E-state index in [1.807, 2.05) is 12.1 Å². The minimum atomic E-state index is -0.893. The molecule has 0 aliphatic heterocycles. The summed E-state index contributed by atoms with van der Waals surface area (Å²) < 4.78 is 6.17. The number of para-hydroxylation sites is 1. The van der Waals surface area contributed by atoms with Gasteiger partial charge in [-0.05, 0) is 17.7 Å². The monoisotopic (exact) mass is 365 g/mol. The number of aryl methyl sites for hydroxylation is 1. The Morgan fingerprint density at radius 3 is 2.56 bits per heavy atom. The van der Waals surface area contributed by atoms with Crippen LogP contribution in [0.15, 0.2) is 65.7 Å². The first-order valence-electron chi connectivity index (χ1n) is 8.46. The lowest BCUT2D eigenvalue weighted by molar-refractivity contribution is -0.145. The number of hydrogen-bond acceptors (Lipinski definition) is 5. The number of fused-ring (bicyclic) bond motifs is 1. The molecular weight excluding hydrogens is 346 g/mol. The van der Waals surface area contributed by atoms with Crippen LogP contribution in [0, 0.1) is 0 Å². The third-order valence-electron chi connectivity index (χ3n) is 4.19. The van der Waals surface area contributed by atoms with Crippen LogP contribution in [0.3, 0.4) is 0 Å². The molecule has 138 valence electrons. The van der Waals surface area contributed by atoms with Gasteiger partial charge in [0.2, 0.25) is 5.91 Å². The van der Waals surface area contributed by atoms with Gasteiger partial charge >= 0.3 is 5.97 Å². The van der Waals surface area contributed by atoms with E-state index in [9.17, 15) is 14.4 Å². The van der Waals surface area contributed by atoms with Gasteiger partial charge in [0.05, 0.1) is 24.3 Å². The number of esters is 1. The molecule has 1 amide bonds. The van der Waals surface area contributed by atoms with Crippen molar-refractivity contribution in [1.29, 1.82) is 0 Å². The zero-order valence-electron chi connectivity index (χ0n) is 14.8. The molecule has 0 radical (unpaired) electrons. The van der Waals surface area contributed by atoms with Crippen molar-refractivity contribution in [3.8, 4) is 0 Å². The Bertz CT molecular complexity index is 1010. The van der Waals surface area contributed by atoms with Crippen molar-refractivity contribution in [2.75, 3.05) is 7.11 Å². The largest absolute Gasteiger partial charge is 0.467 e. The Labute approximate surface area is 155 Å². The normalized spacial score (nSPS) is 11.7. The van der Waals surface area contributed by atoms with Crippen LogP contribution in [0.25, 0.3) is 10.9 Å². The number of nitrogens with zero attached hydrogens (tertiary/aromatic N) is 2. The van der Waals surface area contributed by atoms with Crippen LogP contribution in [0.1, 0.15) is 18.0 Å². The Kier molecular flexibility index (Phi) is 5.61. The second kappa shape index (κ2) is 8.27. The Morgan fingerprint density at radius 1 is 1.11 bits per heavy atom. The van der Waals surface area contributed by atoms with Crippen LogP contribution in [-0.4, -0.2) is 28.5 Å². The zero-order chi connectivity index (χ0) is 19.2. The van der Waals surface area contributed by atoms with Gasteiger partial charge in [-0.15, -0.1) is 0 Å². The molecule has 2 aromatic carbocycles. The topological polar surface area (TPSA) is 90.3 Å². The highest BCUT2D eigenvalue weighted by atomic mass is 16.5. The predicted octanol–water partition coefficient (Wildman–Crippen LogP) is 1.82. The molecule has 27 heavy (non-hydrogen) atoms. The van der Waals surface area contributed by atoms with Crippen molar-refractivity contribution in [3.63, 3.8) is 0 Å². The lowest BCUT2D eigenvalue weighted by Crippen LogP contribution is -2.35. The van der Waals surface area contributed by atoms with Gasteiger partial charge in [0.1, 0.15) is 0 Å². The summed E-state index contributed by atoms with van der Waals surface area (Å²) in [5.41, 5.74) is 1.03. The number of nitrogens with one attached hydrogen (secondary N) is 1. The van der Waals surface area contributed by atoms with Crippen LogP contribution in [-0.2, 0) is 20.9 Å². The molecule has 7 heteroatoms. The van der Waals surface area contributed by atoms with Crippen molar-refractivity contribution in [1.82, 2.24) is 14.9 Å². The Balaban J connectivity index is 1.71. The molecule has 0 saturated carbocycles. The predicted molar refractivity (Wildman–Crippen MR) is 100.0 cm³/mol. The molecule has 0 unspecified atom stereocenters. The van der Waals surface area contributed by atoms with E-state index in [1.54, 1.807) is 42.5 Å². The molecule has 0 spiro atoms. The summed E-state index contributed by atoms with van der Waals surface area (Å²) in [4.78, 5) is 41.0. The molecule has 1 N–H and O–H groups in total. The molecule has 7 nitrogen and oxygen atoms in total. The van der Waals surface area contributed by atoms with Crippen LogP contribution in [0.2, 0.25) is 0 Å². The van der Waals surface area contributed by atoms with Crippen LogP contribution >= 0.6 is 0 Å². The minimum Gasteiger partial charge on any atom is -0.467 e. The highest BCUT2D eigenvalue weighted by molar-refractivity contribution is 5.85. The Hall–Kier alpha value is -3.48.